The molecule has 0 radical (unpaired) electrons. The van der Waals surface area contributed by atoms with E-state index in [-0.39, 0.29) is 18.0 Å². The van der Waals surface area contributed by atoms with Gasteiger partial charge in [-0.15, -0.1) is 0 Å². The summed E-state index contributed by atoms with van der Waals surface area (Å²) in [5.74, 6) is -0.301. The van der Waals surface area contributed by atoms with Gasteiger partial charge in [0.25, 0.3) is 0 Å². The van der Waals surface area contributed by atoms with E-state index < -0.39 is 5.41 Å². The van der Waals surface area contributed by atoms with E-state index >= 15 is 0 Å². The number of nitrogens with zero attached hydrogens (tertiary/aromatic N) is 2. The van der Waals surface area contributed by atoms with Crippen molar-refractivity contribution in [3.63, 3.8) is 0 Å². The second kappa shape index (κ2) is 7.16. The number of benzene rings is 2. The van der Waals surface area contributed by atoms with E-state index in [1.165, 1.54) is 12.1 Å². The van der Waals surface area contributed by atoms with Crippen molar-refractivity contribution in [3.8, 4) is 6.07 Å². The van der Waals surface area contributed by atoms with E-state index in [0.717, 1.165) is 11.3 Å². The fourth-order valence-corrected chi connectivity index (χ4v) is 2.97. The zero-order chi connectivity index (χ0) is 17.9. The predicted molar refractivity (Wildman–Crippen MR) is 95.8 cm³/mol. The maximum atomic E-state index is 13.6. The van der Waals surface area contributed by atoms with Crippen LogP contribution in [0.25, 0.3) is 0 Å². The van der Waals surface area contributed by atoms with Crippen LogP contribution in [0.5, 0.6) is 0 Å². The van der Waals surface area contributed by atoms with Crippen LogP contribution in [0.3, 0.4) is 0 Å². The standard InChI is InChI=1S/C21H21FN2O/c1-21(2,14-23)19-12-18(25-13-15-7-4-3-5-8-15)20(24-19)16-9-6-10-17(22)11-16/h3-11,18-19H,12-13H2,1-2H3/t18-,19+/m0/s1. The van der Waals surface area contributed by atoms with Gasteiger partial charge in [0.1, 0.15) is 11.9 Å². The van der Waals surface area contributed by atoms with Crippen LogP contribution in [0.2, 0.25) is 0 Å². The van der Waals surface area contributed by atoms with E-state index in [0.29, 0.717) is 18.6 Å². The van der Waals surface area contributed by atoms with Crippen LogP contribution in [-0.2, 0) is 11.3 Å². The van der Waals surface area contributed by atoms with Crippen LogP contribution in [-0.4, -0.2) is 17.9 Å². The Hall–Kier alpha value is -2.51. The summed E-state index contributed by atoms with van der Waals surface area (Å²) >= 11 is 0. The Labute approximate surface area is 147 Å². The zero-order valence-corrected chi connectivity index (χ0v) is 14.4. The Morgan fingerprint density at radius 3 is 2.64 bits per heavy atom. The molecule has 0 saturated carbocycles. The van der Waals surface area contributed by atoms with Gasteiger partial charge in [-0.3, -0.25) is 4.99 Å². The largest absolute Gasteiger partial charge is 0.367 e. The summed E-state index contributed by atoms with van der Waals surface area (Å²) in [7, 11) is 0. The van der Waals surface area contributed by atoms with Crippen molar-refractivity contribution in [1.82, 2.24) is 0 Å². The highest BCUT2D eigenvalue weighted by molar-refractivity contribution is 6.05. The van der Waals surface area contributed by atoms with Crippen molar-refractivity contribution < 1.29 is 9.13 Å². The average molecular weight is 336 g/mol. The minimum atomic E-state index is -0.594. The molecular formula is C21H21FN2O. The summed E-state index contributed by atoms with van der Waals surface area (Å²) in [5, 5.41) is 9.43. The van der Waals surface area contributed by atoms with Gasteiger partial charge in [-0.05, 0) is 31.5 Å². The quantitative estimate of drug-likeness (QED) is 0.806. The van der Waals surface area contributed by atoms with Crippen molar-refractivity contribution in [2.75, 3.05) is 0 Å². The molecule has 3 rings (SSSR count). The minimum absolute atomic E-state index is 0.170. The van der Waals surface area contributed by atoms with Gasteiger partial charge in [0.2, 0.25) is 0 Å². The number of hydrogen-bond donors (Lipinski definition) is 0. The topological polar surface area (TPSA) is 45.4 Å². The maximum Gasteiger partial charge on any atom is 0.123 e. The third-order valence-electron chi connectivity index (χ3n) is 4.57. The Morgan fingerprint density at radius 1 is 1.20 bits per heavy atom. The molecule has 25 heavy (non-hydrogen) atoms. The molecule has 0 aliphatic carbocycles. The molecule has 2 aromatic rings. The van der Waals surface area contributed by atoms with Gasteiger partial charge in [0, 0.05) is 12.0 Å². The van der Waals surface area contributed by atoms with Crippen molar-refractivity contribution in [3.05, 3.63) is 71.5 Å². The summed E-state index contributed by atoms with van der Waals surface area (Å²) in [5.41, 5.74) is 1.92. The Kier molecular flexibility index (Phi) is 4.96. The van der Waals surface area contributed by atoms with Crippen LogP contribution < -0.4 is 0 Å². The van der Waals surface area contributed by atoms with Gasteiger partial charge in [-0.1, -0.05) is 42.5 Å². The molecule has 0 saturated heterocycles. The Morgan fingerprint density at radius 2 is 1.96 bits per heavy atom. The fraction of sp³-hybridized carbons (Fsp3) is 0.333. The van der Waals surface area contributed by atoms with E-state index in [1.54, 1.807) is 6.07 Å². The van der Waals surface area contributed by atoms with Crippen LogP contribution in [0, 0.1) is 22.6 Å². The highest BCUT2D eigenvalue weighted by Gasteiger charge is 2.39. The maximum absolute atomic E-state index is 13.6. The molecule has 0 spiro atoms. The van der Waals surface area contributed by atoms with Crippen molar-refractivity contribution >= 4 is 5.71 Å². The molecule has 128 valence electrons. The highest BCUT2D eigenvalue weighted by atomic mass is 19.1. The third-order valence-corrected chi connectivity index (χ3v) is 4.57. The van der Waals surface area contributed by atoms with Gasteiger partial charge < -0.3 is 4.74 Å². The van der Waals surface area contributed by atoms with Crippen LogP contribution >= 0.6 is 0 Å². The molecule has 2 aromatic carbocycles. The SMILES string of the molecule is CC(C)(C#N)[C@H]1C[C@H](OCc2ccccc2)C(c2cccc(F)c2)=N1. The average Bonchev–Trinajstić information content (AvgIpc) is 3.06. The molecular weight excluding hydrogens is 315 g/mol. The van der Waals surface area contributed by atoms with Gasteiger partial charge in [0.15, 0.2) is 0 Å². The minimum Gasteiger partial charge on any atom is -0.367 e. The van der Waals surface area contributed by atoms with E-state index in [2.05, 4.69) is 6.07 Å². The number of ether oxygens (including phenoxy) is 1. The first-order valence-corrected chi connectivity index (χ1v) is 8.40. The Balaban J connectivity index is 1.85. The molecule has 0 N–H and O–H groups in total. The smallest absolute Gasteiger partial charge is 0.123 e. The lowest BCUT2D eigenvalue weighted by molar-refractivity contribution is 0.0771. The first-order chi connectivity index (χ1) is 12.0. The Bertz CT molecular complexity index is 808. The summed E-state index contributed by atoms with van der Waals surface area (Å²) in [6.45, 7) is 4.22. The van der Waals surface area contributed by atoms with Crippen molar-refractivity contribution in [1.29, 1.82) is 5.26 Å². The second-order valence-electron chi connectivity index (χ2n) is 6.89. The molecule has 1 aliphatic heterocycles. The molecule has 0 unspecified atom stereocenters. The lowest BCUT2D eigenvalue weighted by atomic mass is 9.84. The normalized spacial score (nSPS) is 20.2. The number of hydrogen-bond acceptors (Lipinski definition) is 3. The first-order valence-electron chi connectivity index (χ1n) is 8.40. The number of nitriles is 1. The molecule has 1 aliphatic rings. The van der Waals surface area contributed by atoms with Crippen molar-refractivity contribution in [2.24, 2.45) is 10.4 Å². The summed E-state index contributed by atoms with van der Waals surface area (Å²) in [6.07, 6.45) is 0.374. The van der Waals surface area contributed by atoms with E-state index in [4.69, 9.17) is 9.73 Å². The van der Waals surface area contributed by atoms with Crippen LogP contribution in [0.15, 0.2) is 59.6 Å². The lowest BCUT2D eigenvalue weighted by Gasteiger charge is -2.21. The molecule has 3 nitrogen and oxygen atoms in total. The third kappa shape index (κ3) is 3.94. The number of aliphatic imine (C=N–C) groups is 1. The van der Waals surface area contributed by atoms with Crippen LogP contribution in [0.1, 0.15) is 31.4 Å². The van der Waals surface area contributed by atoms with E-state index in [9.17, 15) is 9.65 Å². The van der Waals surface area contributed by atoms with Gasteiger partial charge >= 0.3 is 0 Å². The molecule has 0 aromatic heterocycles. The molecule has 0 amide bonds. The van der Waals surface area contributed by atoms with Gasteiger partial charge in [-0.2, -0.15) is 5.26 Å². The molecule has 0 bridgehead atoms. The summed E-state index contributed by atoms with van der Waals surface area (Å²) < 4.78 is 19.8. The molecule has 4 heteroatoms. The second-order valence-corrected chi connectivity index (χ2v) is 6.89. The zero-order valence-electron chi connectivity index (χ0n) is 14.4. The molecule has 2 atom stereocenters. The van der Waals surface area contributed by atoms with Gasteiger partial charge in [-0.25, -0.2) is 4.39 Å². The monoisotopic (exact) mass is 336 g/mol. The lowest BCUT2D eigenvalue weighted by Crippen LogP contribution is -2.27. The van der Waals surface area contributed by atoms with Gasteiger partial charge in [0.05, 0.1) is 29.8 Å². The fourth-order valence-electron chi connectivity index (χ4n) is 2.97. The van der Waals surface area contributed by atoms with E-state index in [1.807, 2.05) is 50.2 Å². The van der Waals surface area contributed by atoms with Crippen LogP contribution in [0.4, 0.5) is 4.39 Å². The van der Waals surface area contributed by atoms with Crippen molar-refractivity contribution in [2.45, 2.75) is 39.0 Å². The number of rotatable bonds is 5. The summed E-state index contributed by atoms with van der Waals surface area (Å²) in [4.78, 5) is 4.74. The highest BCUT2D eigenvalue weighted by Crippen LogP contribution is 2.33. The summed E-state index contributed by atoms with van der Waals surface area (Å²) in [6, 6.07) is 18.5. The molecule has 0 fully saturated rings. The first kappa shape index (κ1) is 17.3. The number of halogens is 1. The predicted octanol–water partition coefficient (Wildman–Crippen LogP) is 4.52. The molecule has 1 heterocycles.